The van der Waals surface area contributed by atoms with Crippen LogP contribution < -0.4 is 10.2 Å². The van der Waals surface area contributed by atoms with Crippen LogP contribution in [-0.4, -0.2) is 64.2 Å². The molecule has 0 bridgehead atoms. The predicted octanol–water partition coefficient (Wildman–Crippen LogP) is 2.06. The van der Waals surface area contributed by atoms with Gasteiger partial charge >= 0.3 is 5.97 Å². The number of carboxylic acid groups (broad SMARTS) is 1. The van der Waals surface area contributed by atoms with Gasteiger partial charge in [0.2, 0.25) is 0 Å². The van der Waals surface area contributed by atoms with Crippen molar-refractivity contribution in [2.45, 2.75) is 51.6 Å². The monoisotopic (exact) mass is 347 g/mol. The van der Waals surface area contributed by atoms with Crippen molar-refractivity contribution in [1.82, 2.24) is 14.9 Å². The molecule has 0 aromatic carbocycles. The summed E-state index contributed by atoms with van der Waals surface area (Å²) in [6, 6.07) is 2.75. The third-order valence-electron chi connectivity index (χ3n) is 5.36. The van der Waals surface area contributed by atoms with Gasteiger partial charge in [0.1, 0.15) is 18.0 Å². The van der Waals surface area contributed by atoms with Crippen molar-refractivity contribution in [3.8, 4) is 0 Å². The van der Waals surface area contributed by atoms with Gasteiger partial charge < -0.3 is 15.3 Å². The van der Waals surface area contributed by atoms with Gasteiger partial charge in [-0.15, -0.1) is 0 Å². The summed E-state index contributed by atoms with van der Waals surface area (Å²) in [5, 5.41) is 12.5. The summed E-state index contributed by atoms with van der Waals surface area (Å²) in [5.41, 5.74) is 0. The fourth-order valence-corrected chi connectivity index (χ4v) is 3.88. The average Bonchev–Trinajstić information content (AvgIpc) is 2.56. The molecule has 1 aromatic rings. The summed E-state index contributed by atoms with van der Waals surface area (Å²) in [6.45, 7) is 7.32. The van der Waals surface area contributed by atoms with Crippen molar-refractivity contribution < 1.29 is 9.90 Å². The molecule has 0 spiro atoms. The van der Waals surface area contributed by atoms with Crippen LogP contribution in [-0.2, 0) is 4.79 Å². The molecule has 1 unspecified atom stereocenters. The number of hydrogen-bond acceptors (Lipinski definition) is 6. The maximum Gasteiger partial charge on any atom is 0.317 e. The number of hydrogen-bond donors (Lipinski definition) is 2. The van der Waals surface area contributed by atoms with E-state index in [9.17, 15) is 4.79 Å². The zero-order valence-electron chi connectivity index (χ0n) is 15.2. The van der Waals surface area contributed by atoms with Crippen molar-refractivity contribution >= 4 is 17.6 Å². The summed E-state index contributed by atoms with van der Waals surface area (Å²) in [6.07, 6.45) is 6.06. The Morgan fingerprint density at radius 3 is 2.92 bits per heavy atom. The highest BCUT2D eigenvalue weighted by Crippen LogP contribution is 2.29. The van der Waals surface area contributed by atoms with Crippen LogP contribution in [0.3, 0.4) is 0 Å². The molecule has 138 valence electrons. The lowest BCUT2D eigenvalue weighted by molar-refractivity contribution is -0.139. The first-order chi connectivity index (χ1) is 12.0. The maximum atomic E-state index is 10.9. The fourth-order valence-electron chi connectivity index (χ4n) is 3.88. The van der Waals surface area contributed by atoms with E-state index in [1.807, 2.05) is 17.9 Å². The first-order valence-electron chi connectivity index (χ1n) is 9.34. The summed E-state index contributed by atoms with van der Waals surface area (Å²) in [5.74, 6) is 1.82. The molecule has 1 saturated carbocycles. The number of carboxylic acids is 1. The smallest absolute Gasteiger partial charge is 0.317 e. The molecule has 25 heavy (non-hydrogen) atoms. The third-order valence-corrected chi connectivity index (χ3v) is 5.36. The van der Waals surface area contributed by atoms with Crippen LogP contribution in [0.5, 0.6) is 0 Å². The minimum absolute atomic E-state index is 0.124. The van der Waals surface area contributed by atoms with Crippen LogP contribution in [0, 0.1) is 5.92 Å². The average molecular weight is 347 g/mol. The second-order valence-electron chi connectivity index (χ2n) is 7.38. The van der Waals surface area contributed by atoms with Gasteiger partial charge in [-0.1, -0.05) is 13.8 Å². The Morgan fingerprint density at radius 1 is 1.44 bits per heavy atom. The minimum Gasteiger partial charge on any atom is -0.480 e. The van der Waals surface area contributed by atoms with Gasteiger partial charge in [-0.3, -0.25) is 9.69 Å². The van der Waals surface area contributed by atoms with E-state index in [4.69, 9.17) is 5.11 Å². The van der Waals surface area contributed by atoms with Crippen molar-refractivity contribution in [1.29, 1.82) is 0 Å². The molecule has 2 heterocycles. The first kappa shape index (κ1) is 17.9. The summed E-state index contributed by atoms with van der Waals surface area (Å²) in [7, 11) is 0. The van der Waals surface area contributed by atoms with Gasteiger partial charge in [-0.25, -0.2) is 9.97 Å². The number of piperidine rings is 1. The van der Waals surface area contributed by atoms with E-state index < -0.39 is 5.97 Å². The molecule has 2 fully saturated rings. The molecule has 1 aliphatic carbocycles. The molecular formula is C18H29N5O2. The zero-order valence-corrected chi connectivity index (χ0v) is 15.2. The van der Waals surface area contributed by atoms with Crippen LogP contribution in [0.4, 0.5) is 11.6 Å². The van der Waals surface area contributed by atoms with Gasteiger partial charge in [-0.05, 0) is 38.1 Å². The van der Waals surface area contributed by atoms with Crippen LogP contribution in [0.15, 0.2) is 12.4 Å². The van der Waals surface area contributed by atoms with Gasteiger partial charge in [0.25, 0.3) is 0 Å². The van der Waals surface area contributed by atoms with Gasteiger partial charge in [0, 0.05) is 31.2 Å². The molecule has 3 rings (SSSR count). The van der Waals surface area contributed by atoms with Gasteiger partial charge in [-0.2, -0.15) is 0 Å². The lowest BCUT2D eigenvalue weighted by Crippen LogP contribution is -2.51. The van der Waals surface area contributed by atoms with Crippen molar-refractivity contribution in [2.24, 2.45) is 5.92 Å². The Balaban J connectivity index is 1.53. The molecular weight excluding hydrogens is 318 g/mol. The lowest BCUT2D eigenvalue weighted by Gasteiger charge is -2.42. The maximum absolute atomic E-state index is 10.9. The molecule has 7 nitrogen and oxygen atoms in total. The highest BCUT2D eigenvalue weighted by Gasteiger charge is 2.34. The number of aliphatic carboxylic acids is 1. The van der Waals surface area contributed by atoms with Crippen molar-refractivity contribution in [3.05, 3.63) is 12.4 Å². The molecule has 2 N–H and O–H groups in total. The molecule has 0 amide bonds. The first-order valence-corrected chi connectivity index (χ1v) is 9.34. The van der Waals surface area contributed by atoms with Gasteiger partial charge in [0.05, 0.1) is 6.54 Å². The van der Waals surface area contributed by atoms with E-state index in [0.29, 0.717) is 18.0 Å². The second kappa shape index (κ2) is 7.99. The number of anilines is 2. The highest BCUT2D eigenvalue weighted by atomic mass is 16.4. The summed E-state index contributed by atoms with van der Waals surface area (Å²) >= 11 is 0. The molecule has 0 radical (unpaired) electrons. The van der Waals surface area contributed by atoms with E-state index in [2.05, 4.69) is 27.1 Å². The number of aromatic nitrogens is 2. The summed E-state index contributed by atoms with van der Waals surface area (Å²) in [4.78, 5) is 24.1. The predicted molar refractivity (Wildman–Crippen MR) is 98.0 cm³/mol. The van der Waals surface area contributed by atoms with Crippen molar-refractivity contribution in [3.63, 3.8) is 0 Å². The number of nitrogens with one attached hydrogen (secondary N) is 1. The quantitative estimate of drug-likeness (QED) is 0.781. The zero-order chi connectivity index (χ0) is 17.8. The minimum atomic E-state index is -0.755. The van der Waals surface area contributed by atoms with E-state index in [1.165, 1.54) is 12.8 Å². The number of likely N-dealkylation sites (N-methyl/N-ethyl adjacent to an activating group) is 1. The number of rotatable bonds is 7. The van der Waals surface area contributed by atoms with E-state index in [-0.39, 0.29) is 6.54 Å². The van der Waals surface area contributed by atoms with Crippen molar-refractivity contribution in [2.75, 3.05) is 36.4 Å². The Hall–Kier alpha value is -1.89. The van der Waals surface area contributed by atoms with Crippen LogP contribution >= 0.6 is 0 Å². The normalized spacial score (nSPS) is 26.4. The molecule has 1 saturated heterocycles. The second-order valence-corrected chi connectivity index (χ2v) is 7.38. The largest absolute Gasteiger partial charge is 0.480 e. The number of carbonyl (C=O) groups is 1. The van der Waals surface area contributed by atoms with Crippen LogP contribution in [0.2, 0.25) is 0 Å². The Labute approximate surface area is 149 Å². The fraction of sp³-hybridized carbons (Fsp3) is 0.722. The van der Waals surface area contributed by atoms with Gasteiger partial charge in [0.15, 0.2) is 0 Å². The molecule has 1 aliphatic heterocycles. The Kier molecular flexibility index (Phi) is 5.73. The molecule has 1 atom stereocenters. The third kappa shape index (κ3) is 4.60. The topological polar surface area (TPSA) is 81.6 Å². The molecule has 7 heteroatoms. The lowest BCUT2D eigenvalue weighted by atomic mass is 9.85. The van der Waals surface area contributed by atoms with E-state index >= 15 is 0 Å². The SMILES string of the molecule is CCN(CC(=O)O)C1CC(Nc2cc(N3CCCC(C)C3)ncn2)C1. The summed E-state index contributed by atoms with van der Waals surface area (Å²) < 4.78 is 0. The number of nitrogens with zero attached hydrogens (tertiary/aromatic N) is 4. The highest BCUT2D eigenvalue weighted by molar-refractivity contribution is 5.69. The van der Waals surface area contributed by atoms with Crippen LogP contribution in [0.1, 0.15) is 39.5 Å². The Bertz CT molecular complexity index is 591. The van der Waals surface area contributed by atoms with E-state index in [1.54, 1.807) is 6.33 Å². The van der Waals surface area contributed by atoms with E-state index in [0.717, 1.165) is 44.1 Å². The Morgan fingerprint density at radius 2 is 2.24 bits per heavy atom. The molecule has 2 aliphatic rings. The standard InChI is InChI=1S/C18H29N5O2/c1-3-22(11-18(24)25)15-7-14(8-15)21-16-9-17(20-12-19-16)23-6-4-5-13(2)10-23/h9,12-15H,3-8,10-11H2,1-2H3,(H,24,25)(H,19,20,21). The molecule has 1 aromatic heterocycles. The van der Waals surface area contributed by atoms with Crippen LogP contribution in [0.25, 0.3) is 0 Å².